The van der Waals surface area contributed by atoms with E-state index in [0.717, 1.165) is 11.1 Å². The van der Waals surface area contributed by atoms with E-state index in [4.69, 9.17) is 14.2 Å². The van der Waals surface area contributed by atoms with Gasteiger partial charge in [0, 0.05) is 18.9 Å². The second-order valence-electron chi connectivity index (χ2n) is 8.50. The molecule has 11 nitrogen and oxygen atoms in total. The molecule has 0 aliphatic carbocycles. The highest BCUT2D eigenvalue weighted by molar-refractivity contribution is 5.90. The van der Waals surface area contributed by atoms with E-state index in [1.165, 1.54) is 26.4 Å². The van der Waals surface area contributed by atoms with Crippen LogP contribution in [0, 0.1) is 10.1 Å². The molecule has 0 aliphatic heterocycles. The number of esters is 1. The molecule has 0 aromatic heterocycles. The third-order valence-corrected chi connectivity index (χ3v) is 5.79. The molecule has 0 bridgehead atoms. The second-order valence-corrected chi connectivity index (χ2v) is 8.50. The molecule has 3 aromatic rings. The summed E-state index contributed by atoms with van der Waals surface area (Å²) in [5.74, 6) is -1.36. The Bertz CT molecular complexity index is 1280. The van der Waals surface area contributed by atoms with E-state index >= 15 is 0 Å². The highest BCUT2D eigenvalue weighted by Gasteiger charge is 2.29. The van der Waals surface area contributed by atoms with Crippen LogP contribution in [0.25, 0.3) is 0 Å². The SMILES string of the molecule is COC(=O)[C@@H](Cc1ccc(OC)c([N+](=O)[O-])c1)NC(=O)[C@@H](Cc1ccccc1)NC(=O)OCc1ccccc1. The summed E-state index contributed by atoms with van der Waals surface area (Å²) in [6, 6.07) is 20.0. The number of amides is 2. The molecule has 0 radical (unpaired) electrons. The molecule has 0 saturated carbocycles. The van der Waals surface area contributed by atoms with E-state index in [-0.39, 0.29) is 30.9 Å². The number of nitro groups is 1. The molecule has 0 fully saturated rings. The summed E-state index contributed by atoms with van der Waals surface area (Å²) in [6.45, 7) is 0.00733. The Hall–Kier alpha value is -4.93. The highest BCUT2D eigenvalue weighted by Crippen LogP contribution is 2.28. The number of carbonyl (C=O) groups excluding carboxylic acids is 3. The number of nitrogens with zero attached hydrogens (tertiary/aromatic N) is 1. The molecule has 39 heavy (non-hydrogen) atoms. The number of carbonyl (C=O) groups is 3. The molecule has 2 atom stereocenters. The van der Waals surface area contributed by atoms with Crippen molar-refractivity contribution in [1.82, 2.24) is 10.6 Å². The fourth-order valence-electron chi connectivity index (χ4n) is 3.81. The van der Waals surface area contributed by atoms with Crippen LogP contribution in [0.5, 0.6) is 5.75 Å². The predicted molar refractivity (Wildman–Crippen MR) is 141 cm³/mol. The molecular formula is C28H29N3O8. The maximum absolute atomic E-state index is 13.3. The lowest BCUT2D eigenvalue weighted by Crippen LogP contribution is -2.53. The van der Waals surface area contributed by atoms with E-state index in [0.29, 0.717) is 5.56 Å². The number of rotatable bonds is 12. The molecule has 0 heterocycles. The van der Waals surface area contributed by atoms with Gasteiger partial charge in [-0.15, -0.1) is 0 Å². The van der Waals surface area contributed by atoms with Gasteiger partial charge in [0.15, 0.2) is 5.75 Å². The number of hydrogen-bond donors (Lipinski definition) is 2. The summed E-state index contributed by atoms with van der Waals surface area (Å²) in [4.78, 5) is 49.3. The first kappa shape index (κ1) is 28.6. The number of benzene rings is 3. The number of nitro benzene ring substituents is 1. The van der Waals surface area contributed by atoms with Gasteiger partial charge in [-0.1, -0.05) is 66.7 Å². The second kappa shape index (κ2) is 14.1. The smallest absolute Gasteiger partial charge is 0.408 e. The standard InChI is InChI=1S/C28H29N3O8/c1-37-25-14-13-21(17-24(25)31(35)36)16-23(27(33)38-2)29-26(32)22(15-19-9-5-3-6-10-19)30-28(34)39-18-20-11-7-4-8-12-20/h3-14,17,22-23H,15-16,18H2,1-2H3,(H,29,32)(H,30,34)/t22-,23-/m1/s1. The van der Waals surface area contributed by atoms with Gasteiger partial charge in [-0.2, -0.15) is 0 Å². The molecule has 3 aromatic carbocycles. The molecule has 11 heteroatoms. The zero-order chi connectivity index (χ0) is 28.2. The van der Waals surface area contributed by atoms with Gasteiger partial charge in [-0.05, 0) is 22.8 Å². The first-order valence-corrected chi connectivity index (χ1v) is 12.0. The monoisotopic (exact) mass is 535 g/mol. The van der Waals surface area contributed by atoms with Gasteiger partial charge in [0.1, 0.15) is 18.7 Å². The van der Waals surface area contributed by atoms with Gasteiger partial charge in [-0.3, -0.25) is 14.9 Å². The zero-order valence-corrected chi connectivity index (χ0v) is 21.5. The quantitative estimate of drug-likeness (QED) is 0.204. The maximum atomic E-state index is 13.3. The van der Waals surface area contributed by atoms with E-state index in [2.05, 4.69) is 10.6 Å². The van der Waals surface area contributed by atoms with Crippen molar-refractivity contribution in [3.63, 3.8) is 0 Å². The normalized spacial score (nSPS) is 11.9. The number of hydrogen-bond acceptors (Lipinski definition) is 8. The van der Waals surface area contributed by atoms with Crippen molar-refractivity contribution < 1.29 is 33.5 Å². The van der Waals surface area contributed by atoms with Gasteiger partial charge >= 0.3 is 17.7 Å². The van der Waals surface area contributed by atoms with Gasteiger partial charge in [0.05, 0.1) is 19.1 Å². The molecule has 2 amide bonds. The fraction of sp³-hybridized carbons (Fsp3) is 0.250. The van der Waals surface area contributed by atoms with Crippen LogP contribution in [0.2, 0.25) is 0 Å². The molecule has 204 valence electrons. The maximum Gasteiger partial charge on any atom is 0.408 e. The molecular weight excluding hydrogens is 506 g/mol. The van der Waals surface area contributed by atoms with Crippen LogP contribution in [-0.4, -0.2) is 49.2 Å². The van der Waals surface area contributed by atoms with Gasteiger partial charge in [0.25, 0.3) is 0 Å². The molecule has 0 saturated heterocycles. The van der Waals surface area contributed by atoms with E-state index in [9.17, 15) is 24.5 Å². The van der Waals surface area contributed by atoms with Crippen molar-refractivity contribution in [1.29, 1.82) is 0 Å². The third-order valence-electron chi connectivity index (χ3n) is 5.79. The van der Waals surface area contributed by atoms with Crippen LogP contribution in [0.4, 0.5) is 10.5 Å². The minimum absolute atomic E-state index is 0.00733. The van der Waals surface area contributed by atoms with Crippen molar-refractivity contribution in [3.05, 3.63) is 106 Å². The van der Waals surface area contributed by atoms with E-state index < -0.39 is 35.0 Å². The number of nitrogens with one attached hydrogen (secondary N) is 2. The minimum atomic E-state index is -1.18. The molecule has 3 rings (SSSR count). The average Bonchev–Trinajstić information content (AvgIpc) is 2.95. The largest absolute Gasteiger partial charge is 0.490 e. The summed E-state index contributed by atoms with van der Waals surface area (Å²) in [6.07, 6.45) is -0.787. The summed E-state index contributed by atoms with van der Waals surface area (Å²) in [7, 11) is 2.48. The average molecular weight is 536 g/mol. The van der Waals surface area contributed by atoms with Crippen molar-refractivity contribution in [2.24, 2.45) is 0 Å². The first-order chi connectivity index (χ1) is 18.8. The molecule has 0 unspecified atom stereocenters. The Labute approximate surface area is 225 Å². The third kappa shape index (κ3) is 8.56. The minimum Gasteiger partial charge on any atom is -0.490 e. The molecule has 0 aliphatic rings. The zero-order valence-electron chi connectivity index (χ0n) is 21.5. The van der Waals surface area contributed by atoms with Crippen LogP contribution < -0.4 is 15.4 Å². The number of methoxy groups -OCH3 is 2. The highest BCUT2D eigenvalue weighted by atomic mass is 16.6. The molecule has 2 N–H and O–H groups in total. The Balaban J connectivity index is 1.77. The van der Waals surface area contributed by atoms with Gasteiger partial charge in [0.2, 0.25) is 5.91 Å². The van der Waals surface area contributed by atoms with E-state index in [1.54, 1.807) is 42.5 Å². The Kier molecular flexibility index (Phi) is 10.4. The number of ether oxygens (including phenoxy) is 3. The lowest BCUT2D eigenvalue weighted by Gasteiger charge is -2.22. The van der Waals surface area contributed by atoms with Crippen LogP contribution in [0.15, 0.2) is 78.9 Å². The fourth-order valence-corrected chi connectivity index (χ4v) is 3.81. The topological polar surface area (TPSA) is 146 Å². The van der Waals surface area contributed by atoms with Gasteiger partial charge in [-0.25, -0.2) is 9.59 Å². The Morgan fingerprint density at radius 1 is 0.821 bits per heavy atom. The van der Waals surface area contributed by atoms with E-state index in [1.807, 2.05) is 24.3 Å². The lowest BCUT2D eigenvalue weighted by molar-refractivity contribution is -0.385. The summed E-state index contributed by atoms with van der Waals surface area (Å²) < 4.78 is 15.1. The molecule has 0 spiro atoms. The lowest BCUT2D eigenvalue weighted by atomic mass is 10.0. The van der Waals surface area contributed by atoms with Crippen LogP contribution in [-0.2, 0) is 38.5 Å². The van der Waals surface area contributed by atoms with Crippen molar-refractivity contribution >= 4 is 23.7 Å². The Morgan fingerprint density at radius 2 is 1.44 bits per heavy atom. The first-order valence-electron chi connectivity index (χ1n) is 12.0. The Morgan fingerprint density at radius 3 is 2.03 bits per heavy atom. The summed E-state index contributed by atoms with van der Waals surface area (Å²) in [5, 5.41) is 16.6. The van der Waals surface area contributed by atoms with Crippen molar-refractivity contribution in [3.8, 4) is 5.75 Å². The van der Waals surface area contributed by atoms with Crippen LogP contribution in [0.1, 0.15) is 16.7 Å². The van der Waals surface area contributed by atoms with Crippen molar-refractivity contribution in [2.45, 2.75) is 31.5 Å². The predicted octanol–water partition coefficient (Wildman–Crippen LogP) is 3.34. The summed E-state index contributed by atoms with van der Waals surface area (Å²) >= 11 is 0. The van der Waals surface area contributed by atoms with Crippen molar-refractivity contribution in [2.75, 3.05) is 14.2 Å². The number of alkyl carbamates (subject to hydrolysis) is 1. The summed E-state index contributed by atoms with van der Waals surface area (Å²) in [5.41, 5.74) is 1.65. The van der Waals surface area contributed by atoms with Gasteiger partial charge < -0.3 is 24.8 Å². The van der Waals surface area contributed by atoms with Crippen LogP contribution >= 0.6 is 0 Å². The van der Waals surface area contributed by atoms with Crippen LogP contribution in [0.3, 0.4) is 0 Å².